The Kier molecular flexibility index (Phi) is 7.94. The van der Waals surface area contributed by atoms with Crippen molar-refractivity contribution in [2.75, 3.05) is 39.5 Å². The number of hydrogen-bond donors (Lipinski definition) is 1. The van der Waals surface area contributed by atoms with Crippen LogP contribution in [0.2, 0.25) is 5.02 Å². The van der Waals surface area contributed by atoms with Crippen molar-refractivity contribution in [3.8, 4) is 0 Å². The van der Waals surface area contributed by atoms with Crippen LogP contribution in [-0.4, -0.2) is 82.9 Å². The number of sulfonamides is 2. The van der Waals surface area contributed by atoms with E-state index in [4.69, 9.17) is 11.6 Å². The molecular formula is C23H29ClFN4O6S2+. The number of ether oxygens (including phenoxy) is 1. The van der Waals surface area contributed by atoms with Gasteiger partial charge in [-0.1, -0.05) is 11.6 Å². The summed E-state index contributed by atoms with van der Waals surface area (Å²) in [6, 6.07) is 7.46. The molecule has 0 bridgehead atoms. The minimum Gasteiger partial charge on any atom is -0.465 e. The van der Waals surface area contributed by atoms with E-state index >= 15 is 0 Å². The lowest BCUT2D eigenvalue weighted by Crippen LogP contribution is -2.73. The van der Waals surface area contributed by atoms with E-state index in [0.29, 0.717) is 49.2 Å². The first-order valence-corrected chi connectivity index (χ1v) is 15.4. The van der Waals surface area contributed by atoms with Crippen molar-refractivity contribution in [1.29, 1.82) is 0 Å². The van der Waals surface area contributed by atoms with Gasteiger partial charge in [-0.15, -0.1) is 0 Å². The van der Waals surface area contributed by atoms with Gasteiger partial charge >= 0.3 is 5.97 Å². The standard InChI is InChI=1S/C23H29ClFN4O6S2/c1-35-23(30)16-3-4-17(26-12-16)13-27-37(33,34)20-7-9-29(10-8-20,18-5-6-22(25)21(24)11-18)19-14-28(15-19)36(2,31)32/h3-6,11-12,19-20,27H,7-10,13-15H2,1-2H3/q+1. The zero-order chi connectivity index (χ0) is 27.0. The molecule has 0 radical (unpaired) electrons. The van der Waals surface area contributed by atoms with Crippen LogP contribution in [0.5, 0.6) is 0 Å². The number of halogens is 2. The Morgan fingerprint density at radius 1 is 1.19 bits per heavy atom. The number of esters is 1. The van der Waals surface area contributed by atoms with Crippen molar-refractivity contribution < 1.29 is 30.8 Å². The normalized spacial score (nSPS) is 23.4. The maximum Gasteiger partial charge on any atom is 0.339 e. The van der Waals surface area contributed by atoms with Crippen LogP contribution in [0.1, 0.15) is 28.9 Å². The summed E-state index contributed by atoms with van der Waals surface area (Å²) >= 11 is 6.07. The number of quaternary nitrogens is 1. The summed E-state index contributed by atoms with van der Waals surface area (Å²) in [6.45, 7) is 1.44. The Bertz CT molecular complexity index is 1370. The molecule has 0 aliphatic carbocycles. The van der Waals surface area contributed by atoms with Crippen molar-refractivity contribution in [3.63, 3.8) is 0 Å². The molecule has 0 unspecified atom stereocenters. The van der Waals surface area contributed by atoms with Crippen LogP contribution in [0.15, 0.2) is 36.5 Å². The molecule has 4 rings (SSSR count). The van der Waals surface area contributed by atoms with Crippen molar-refractivity contribution in [1.82, 2.24) is 18.5 Å². The van der Waals surface area contributed by atoms with Gasteiger partial charge in [0.1, 0.15) is 17.5 Å². The monoisotopic (exact) mass is 575 g/mol. The van der Waals surface area contributed by atoms with Gasteiger partial charge in [0.05, 0.1) is 67.6 Å². The highest BCUT2D eigenvalue weighted by molar-refractivity contribution is 7.90. The maximum absolute atomic E-state index is 13.9. The molecule has 14 heteroatoms. The molecule has 2 saturated heterocycles. The average Bonchev–Trinajstić information content (AvgIpc) is 2.82. The highest BCUT2D eigenvalue weighted by Gasteiger charge is 2.51. The molecule has 0 atom stereocenters. The molecule has 2 aromatic rings. The van der Waals surface area contributed by atoms with E-state index in [1.165, 1.54) is 29.7 Å². The largest absolute Gasteiger partial charge is 0.465 e. The van der Waals surface area contributed by atoms with E-state index in [-0.39, 0.29) is 23.2 Å². The third-order valence-electron chi connectivity index (χ3n) is 7.25. The number of carbonyl (C=O) groups excluding carboxylic acids is 1. The smallest absolute Gasteiger partial charge is 0.339 e. The Morgan fingerprint density at radius 2 is 1.86 bits per heavy atom. The molecule has 37 heavy (non-hydrogen) atoms. The van der Waals surface area contributed by atoms with Gasteiger partial charge < -0.3 is 4.74 Å². The number of nitrogens with zero attached hydrogens (tertiary/aromatic N) is 3. The lowest BCUT2D eigenvalue weighted by atomic mass is 9.97. The van der Waals surface area contributed by atoms with E-state index in [0.717, 1.165) is 11.9 Å². The van der Waals surface area contributed by atoms with Crippen molar-refractivity contribution >= 4 is 43.3 Å². The van der Waals surface area contributed by atoms with Crippen molar-refractivity contribution in [3.05, 3.63) is 58.6 Å². The highest BCUT2D eigenvalue weighted by atomic mass is 35.5. The van der Waals surface area contributed by atoms with Gasteiger partial charge in [-0.05, 0) is 18.2 Å². The summed E-state index contributed by atoms with van der Waals surface area (Å²) in [5.41, 5.74) is 1.46. The fourth-order valence-corrected chi connectivity index (χ4v) is 7.45. The molecule has 10 nitrogen and oxygen atoms in total. The second-order valence-corrected chi connectivity index (χ2v) is 13.8. The molecule has 3 heterocycles. The SMILES string of the molecule is COC(=O)c1ccc(CNS(=O)(=O)C2CC[N+](c3ccc(F)c(Cl)c3)(C3CN(S(C)(=O)=O)C3)CC2)nc1. The third-order valence-corrected chi connectivity index (χ3v) is 10.7. The molecule has 202 valence electrons. The lowest BCUT2D eigenvalue weighted by molar-refractivity contribution is 0.0600. The number of methoxy groups -OCH3 is 1. The quantitative estimate of drug-likeness (QED) is 0.377. The highest BCUT2D eigenvalue weighted by Crippen LogP contribution is 2.38. The molecule has 2 aliphatic rings. The van der Waals surface area contributed by atoms with Crippen molar-refractivity contribution in [2.45, 2.75) is 30.7 Å². The van der Waals surface area contributed by atoms with E-state index in [1.54, 1.807) is 18.2 Å². The molecule has 1 aromatic carbocycles. The zero-order valence-electron chi connectivity index (χ0n) is 20.4. The number of pyridine rings is 1. The number of rotatable bonds is 8. The summed E-state index contributed by atoms with van der Waals surface area (Å²) < 4.78 is 72.9. The predicted octanol–water partition coefficient (Wildman–Crippen LogP) is 1.89. The number of benzene rings is 1. The second-order valence-electron chi connectivity index (χ2n) is 9.41. The van der Waals surface area contributed by atoms with E-state index in [2.05, 4.69) is 14.4 Å². The fraction of sp³-hybridized carbons (Fsp3) is 0.478. The molecule has 1 N–H and O–H groups in total. The van der Waals surface area contributed by atoms with Crippen LogP contribution in [-0.2, 0) is 31.3 Å². The van der Waals surface area contributed by atoms with Crippen LogP contribution < -0.4 is 9.21 Å². The number of likely N-dealkylation sites (tertiary alicyclic amines) is 1. The number of aromatic nitrogens is 1. The molecule has 0 amide bonds. The lowest BCUT2D eigenvalue weighted by Gasteiger charge is -2.53. The molecular weight excluding hydrogens is 547 g/mol. The predicted molar refractivity (Wildman–Crippen MR) is 138 cm³/mol. The average molecular weight is 576 g/mol. The van der Waals surface area contributed by atoms with Gasteiger partial charge in [-0.3, -0.25) is 9.47 Å². The number of piperidine rings is 1. The molecule has 2 aliphatic heterocycles. The van der Waals surface area contributed by atoms with Gasteiger partial charge in [0.15, 0.2) is 0 Å². The first kappa shape index (κ1) is 27.9. The maximum atomic E-state index is 13.9. The number of nitrogens with one attached hydrogen (secondary N) is 1. The van der Waals surface area contributed by atoms with Crippen molar-refractivity contribution in [2.24, 2.45) is 0 Å². The molecule has 0 spiro atoms. The summed E-state index contributed by atoms with van der Waals surface area (Å²) in [5, 5.41) is -0.688. The number of carbonyl (C=O) groups is 1. The molecule has 2 fully saturated rings. The first-order chi connectivity index (χ1) is 17.4. The Hall–Kier alpha value is -2.16. The van der Waals surface area contributed by atoms with E-state index in [1.807, 2.05) is 0 Å². The minimum absolute atomic E-state index is 0.0280. The topological polar surface area (TPSA) is 123 Å². The number of hydrogen-bond acceptors (Lipinski definition) is 7. The van der Waals surface area contributed by atoms with Gasteiger partial charge in [-0.2, -0.15) is 4.31 Å². The Balaban J connectivity index is 1.47. The van der Waals surface area contributed by atoms with Crippen LogP contribution in [0, 0.1) is 5.82 Å². The summed E-state index contributed by atoms with van der Waals surface area (Å²) in [5.74, 6) is -1.08. The summed E-state index contributed by atoms with van der Waals surface area (Å²) in [4.78, 5) is 15.7. The second kappa shape index (κ2) is 10.5. The Labute approximate surface area is 221 Å². The van der Waals surface area contributed by atoms with Gasteiger partial charge in [0.2, 0.25) is 20.0 Å². The summed E-state index contributed by atoms with van der Waals surface area (Å²) in [7, 11) is -5.77. The van der Waals surface area contributed by atoms with Crippen LogP contribution in [0.25, 0.3) is 0 Å². The van der Waals surface area contributed by atoms with Crippen LogP contribution in [0.4, 0.5) is 10.1 Å². The molecule has 0 saturated carbocycles. The van der Waals surface area contributed by atoms with Gasteiger partial charge in [0, 0.05) is 31.2 Å². The Morgan fingerprint density at radius 3 is 2.41 bits per heavy atom. The van der Waals surface area contributed by atoms with E-state index in [9.17, 15) is 26.0 Å². The van der Waals surface area contributed by atoms with Gasteiger partial charge in [0.25, 0.3) is 0 Å². The van der Waals surface area contributed by atoms with Crippen LogP contribution in [0.3, 0.4) is 0 Å². The van der Waals surface area contributed by atoms with Gasteiger partial charge in [-0.25, -0.2) is 30.7 Å². The third kappa shape index (κ3) is 5.81. The summed E-state index contributed by atoms with van der Waals surface area (Å²) in [6.07, 6.45) is 3.14. The van der Waals surface area contributed by atoms with E-state index < -0.39 is 37.1 Å². The zero-order valence-corrected chi connectivity index (χ0v) is 22.8. The molecule has 1 aromatic heterocycles. The first-order valence-electron chi connectivity index (χ1n) is 11.6. The minimum atomic E-state index is -3.69. The van der Waals surface area contributed by atoms with Crippen LogP contribution >= 0.6 is 11.6 Å². The fourth-order valence-electron chi connectivity index (χ4n) is 4.97.